The number of anilines is 1. The molecule has 0 atom stereocenters. The molecule has 132 valence electrons. The fourth-order valence-corrected chi connectivity index (χ4v) is 2.76. The fourth-order valence-electron chi connectivity index (χ4n) is 2.76. The second-order valence-corrected chi connectivity index (χ2v) is 6.02. The number of nitrogens with zero attached hydrogens (tertiary/aromatic N) is 3. The largest absolute Gasteiger partial charge is 0.366 e. The van der Waals surface area contributed by atoms with E-state index in [1.165, 1.54) is 6.07 Å². The third-order valence-electron chi connectivity index (χ3n) is 4.13. The van der Waals surface area contributed by atoms with Crippen LogP contribution >= 0.6 is 0 Å². The smallest absolute Gasteiger partial charge is 0.162 e. The average Bonchev–Trinajstić information content (AvgIpc) is 2.74. The van der Waals surface area contributed by atoms with Crippen LogP contribution in [0.1, 0.15) is 5.56 Å². The normalized spacial score (nSPS) is 10.6. The summed E-state index contributed by atoms with van der Waals surface area (Å²) < 4.78 is 14.3. The quantitative estimate of drug-likeness (QED) is 0.549. The summed E-state index contributed by atoms with van der Waals surface area (Å²) in [4.78, 5) is 13.2. The number of nitrogens with one attached hydrogen (secondary N) is 1. The molecule has 0 saturated heterocycles. The van der Waals surface area contributed by atoms with Crippen LogP contribution in [0.15, 0.2) is 85.2 Å². The molecule has 2 aromatic heterocycles. The molecular weight excluding hydrogens is 339 g/mol. The third kappa shape index (κ3) is 3.98. The summed E-state index contributed by atoms with van der Waals surface area (Å²) in [7, 11) is 0. The lowest BCUT2D eigenvalue weighted by Crippen LogP contribution is -2.04. The molecule has 27 heavy (non-hydrogen) atoms. The molecule has 4 nitrogen and oxygen atoms in total. The van der Waals surface area contributed by atoms with Crippen LogP contribution < -0.4 is 5.32 Å². The number of hydrogen-bond donors (Lipinski definition) is 1. The molecule has 0 fully saturated rings. The van der Waals surface area contributed by atoms with Crippen LogP contribution in [0.4, 0.5) is 10.2 Å². The van der Waals surface area contributed by atoms with Crippen LogP contribution in [0.5, 0.6) is 0 Å². The van der Waals surface area contributed by atoms with Crippen LogP contribution in [0, 0.1) is 5.82 Å². The molecule has 5 heteroatoms. The summed E-state index contributed by atoms with van der Waals surface area (Å²) in [5, 5.41) is 3.31. The van der Waals surface area contributed by atoms with Crippen molar-refractivity contribution in [2.24, 2.45) is 0 Å². The van der Waals surface area contributed by atoms with Crippen molar-refractivity contribution in [3.63, 3.8) is 0 Å². The van der Waals surface area contributed by atoms with Gasteiger partial charge in [0.2, 0.25) is 0 Å². The van der Waals surface area contributed by atoms with Gasteiger partial charge in [0.05, 0.1) is 5.69 Å². The molecular formula is C22H17FN4. The molecule has 4 aromatic rings. The van der Waals surface area contributed by atoms with Gasteiger partial charge in [-0.1, -0.05) is 42.5 Å². The van der Waals surface area contributed by atoms with E-state index in [1.807, 2.05) is 42.5 Å². The first-order chi connectivity index (χ1) is 13.3. The highest BCUT2D eigenvalue weighted by Gasteiger charge is 2.11. The van der Waals surface area contributed by atoms with Gasteiger partial charge in [-0.3, -0.25) is 4.98 Å². The van der Waals surface area contributed by atoms with Crippen molar-refractivity contribution in [3.8, 4) is 22.6 Å². The zero-order valence-electron chi connectivity index (χ0n) is 14.5. The molecule has 0 spiro atoms. The monoisotopic (exact) mass is 356 g/mol. The van der Waals surface area contributed by atoms with Crippen molar-refractivity contribution in [2.45, 2.75) is 6.54 Å². The second kappa shape index (κ2) is 7.74. The first-order valence-electron chi connectivity index (χ1n) is 8.62. The molecule has 0 aliphatic carbocycles. The van der Waals surface area contributed by atoms with Gasteiger partial charge < -0.3 is 5.32 Å². The highest BCUT2D eigenvalue weighted by atomic mass is 19.1. The van der Waals surface area contributed by atoms with E-state index >= 15 is 0 Å². The van der Waals surface area contributed by atoms with Crippen molar-refractivity contribution in [1.29, 1.82) is 0 Å². The molecule has 0 aliphatic heterocycles. The summed E-state index contributed by atoms with van der Waals surface area (Å²) in [6.45, 7) is 0.615. The molecule has 2 heterocycles. The summed E-state index contributed by atoms with van der Waals surface area (Å²) >= 11 is 0. The predicted octanol–water partition coefficient (Wildman–Crippen LogP) is 4.96. The van der Waals surface area contributed by atoms with E-state index in [-0.39, 0.29) is 5.82 Å². The van der Waals surface area contributed by atoms with Crippen molar-refractivity contribution < 1.29 is 4.39 Å². The molecule has 0 amide bonds. The van der Waals surface area contributed by atoms with Gasteiger partial charge in [-0.2, -0.15) is 0 Å². The van der Waals surface area contributed by atoms with E-state index in [1.54, 1.807) is 36.7 Å². The molecule has 0 bridgehead atoms. The van der Waals surface area contributed by atoms with Gasteiger partial charge in [0, 0.05) is 36.1 Å². The van der Waals surface area contributed by atoms with Gasteiger partial charge in [-0.25, -0.2) is 14.4 Å². The Morgan fingerprint density at radius 2 is 1.56 bits per heavy atom. The van der Waals surface area contributed by atoms with Crippen LogP contribution in [-0.4, -0.2) is 15.0 Å². The molecule has 0 aliphatic rings. The van der Waals surface area contributed by atoms with E-state index in [0.29, 0.717) is 29.4 Å². The Labute approximate surface area is 156 Å². The first-order valence-corrected chi connectivity index (χ1v) is 8.62. The maximum atomic E-state index is 14.3. The minimum atomic E-state index is -0.314. The lowest BCUT2D eigenvalue weighted by molar-refractivity contribution is 0.630. The third-order valence-corrected chi connectivity index (χ3v) is 4.13. The van der Waals surface area contributed by atoms with Crippen LogP contribution in [0.25, 0.3) is 22.6 Å². The highest BCUT2D eigenvalue weighted by Crippen LogP contribution is 2.26. The fraction of sp³-hybridized carbons (Fsp3) is 0.0455. The number of halogens is 1. The maximum absolute atomic E-state index is 14.3. The summed E-state index contributed by atoms with van der Waals surface area (Å²) in [5.41, 5.74) is 2.93. The van der Waals surface area contributed by atoms with E-state index in [9.17, 15) is 4.39 Å². The van der Waals surface area contributed by atoms with Gasteiger partial charge in [0.15, 0.2) is 5.82 Å². The molecule has 0 unspecified atom stereocenters. The van der Waals surface area contributed by atoms with Gasteiger partial charge in [0.25, 0.3) is 0 Å². The zero-order chi connectivity index (χ0) is 18.5. The van der Waals surface area contributed by atoms with Crippen molar-refractivity contribution in [1.82, 2.24) is 15.0 Å². The Balaban J connectivity index is 1.74. The van der Waals surface area contributed by atoms with Gasteiger partial charge in [-0.15, -0.1) is 0 Å². The SMILES string of the molecule is Fc1ccccc1-c1cc(NCc2ccccc2)nc(-c2ccncc2)n1. The molecule has 0 radical (unpaired) electrons. The summed E-state index contributed by atoms with van der Waals surface area (Å²) in [5.74, 6) is 0.846. The minimum Gasteiger partial charge on any atom is -0.366 e. The molecule has 4 rings (SSSR count). The van der Waals surface area contributed by atoms with Crippen molar-refractivity contribution in [3.05, 3.63) is 96.6 Å². The van der Waals surface area contributed by atoms with Crippen molar-refractivity contribution in [2.75, 3.05) is 5.32 Å². The van der Waals surface area contributed by atoms with Crippen molar-refractivity contribution >= 4 is 5.82 Å². The Morgan fingerprint density at radius 1 is 0.815 bits per heavy atom. The maximum Gasteiger partial charge on any atom is 0.162 e. The second-order valence-electron chi connectivity index (χ2n) is 6.02. The topological polar surface area (TPSA) is 50.7 Å². The Morgan fingerprint density at radius 3 is 2.33 bits per heavy atom. The summed E-state index contributed by atoms with van der Waals surface area (Å²) in [6.07, 6.45) is 3.37. The predicted molar refractivity (Wildman–Crippen MR) is 104 cm³/mol. The van der Waals surface area contributed by atoms with Crippen LogP contribution in [-0.2, 0) is 6.54 Å². The number of rotatable bonds is 5. The standard InChI is InChI=1S/C22H17FN4/c23-19-9-5-4-8-18(19)20-14-21(25-15-16-6-2-1-3-7-16)27-22(26-20)17-10-12-24-13-11-17/h1-14H,15H2,(H,25,26,27). The molecule has 1 N–H and O–H groups in total. The molecule has 0 saturated carbocycles. The van der Waals surface area contributed by atoms with Crippen LogP contribution in [0.3, 0.4) is 0 Å². The Kier molecular flexibility index (Phi) is 4.83. The van der Waals surface area contributed by atoms with Gasteiger partial charge in [-0.05, 0) is 29.8 Å². The van der Waals surface area contributed by atoms with Gasteiger partial charge >= 0.3 is 0 Å². The Bertz CT molecular complexity index is 1040. The number of aromatic nitrogens is 3. The van der Waals surface area contributed by atoms with E-state index < -0.39 is 0 Å². The Hall–Kier alpha value is -3.60. The lowest BCUT2D eigenvalue weighted by atomic mass is 10.1. The minimum absolute atomic E-state index is 0.314. The van der Waals surface area contributed by atoms with E-state index in [4.69, 9.17) is 0 Å². The first kappa shape index (κ1) is 16.8. The average molecular weight is 356 g/mol. The van der Waals surface area contributed by atoms with E-state index in [0.717, 1.165) is 11.1 Å². The van der Waals surface area contributed by atoms with E-state index in [2.05, 4.69) is 20.3 Å². The number of benzene rings is 2. The highest BCUT2D eigenvalue weighted by molar-refractivity contribution is 5.67. The molecule has 2 aromatic carbocycles. The van der Waals surface area contributed by atoms with Gasteiger partial charge in [0.1, 0.15) is 11.6 Å². The number of hydrogen-bond acceptors (Lipinski definition) is 4. The summed E-state index contributed by atoms with van der Waals surface area (Å²) in [6, 6.07) is 22.1. The lowest BCUT2D eigenvalue weighted by Gasteiger charge is -2.11. The zero-order valence-corrected chi connectivity index (χ0v) is 14.5. The van der Waals surface area contributed by atoms with Crippen LogP contribution in [0.2, 0.25) is 0 Å². The number of pyridine rings is 1.